The van der Waals surface area contributed by atoms with Crippen LogP contribution in [0, 0.1) is 17.9 Å². The van der Waals surface area contributed by atoms with Crippen LogP contribution < -0.4 is 4.74 Å². The van der Waals surface area contributed by atoms with Crippen molar-refractivity contribution in [1.82, 2.24) is 0 Å². The Bertz CT molecular complexity index is 536. The van der Waals surface area contributed by atoms with Gasteiger partial charge < -0.3 is 14.6 Å². The summed E-state index contributed by atoms with van der Waals surface area (Å²) >= 11 is 0. The highest BCUT2D eigenvalue weighted by Gasteiger charge is 2.27. The lowest BCUT2D eigenvalue weighted by molar-refractivity contribution is 0.0733. The molecule has 0 bridgehead atoms. The van der Waals surface area contributed by atoms with E-state index in [2.05, 4.69) is 4.85 Å². The molecular formula is C14H12N2O3. The van der Waals surface area contributed by atoms with Crippen LogP contribution in [0.25, 0.3) is 10.9 Å². The largest absolute Gasteiger partial charge is 0.485 e. The summed E-state index contributed by atoms with van der Waals surface area (Å²) in [6, 6.07) is 8.77. The fourth-order valence-electron chi connectivity index (χ4n) is 1.70. The van der Waals surface area contributed by atoms with Crippen molar-refractivity contribution in [2.75, 3.05) is 13.2 Å². The number of rotatable bonds is 3. The van der Waals surface area contributed by atoms with Gasteiger partial charge in [0.25, 0.3) is 5.70 Å². The maximum atomic E-state index is 9.56. The number of aliphatic hydroxyl groups is 1. The maximum Gasteiger partial charge on any atom is 0.262 e. The first-order valence-electron chi connectivity index (χ1n) is 5.74. The zero-order chi connectivity index (χ0) is 13.7. The Hall–Kier alpha value is -2.34. The van der Waals surface area contributed by atoms with Gasteiger partial charge in [0.2, 0.25) is 0 Å². The van der Waals surface area contributed by atoms with Gasteiger partial charge in [-0.15, -0.1) is 0 Å². The van der Waals surface area contributed by atoms with Gasteiger partial charge in [0.1, 0.15) is 18.0 Å². The molecule has 5 nitrogen and oxygen atoms in total. The lowest BCUT2D eigenvalue weighted by Gasteiger charge is -2.15. The van der Waals surface area contributed by atoms with Crippen LogP contribution in [0.5, 0.6) is 5.75 Å². The summed E-state index contributed by atoms with van der Waals surface area (Å²) in [5.41, 5.74) is 0.788. The molecule has 0 amide bonds. The minimum Gasteiger partial charge on any atom is -0.485 e. The molecule has 1 heterocycles. The molecule has 0 aromatic heterocycles. The maximum absolute atomic E-state index is 9.56. The van der Waals surface area contributed by atoms with Crippen LogP contribution in [0.4, 0.5) is 0 Å². The molecule has 19 heavy (non-hydrogen) atoms. The Morgan fingerprint density at radius 2 is 2.21 bits per heavy atom. The van der Waals surface area contributed by atoms with E-state index in [4.69, 9.17) is 21.3 Å². The number of benzene rings is 1. The highest BCUT2D eigenvalue weighted by Crippen LogP contribution is 2.19. The average molecular weight is 256 g/mol. The Morgan fingerprint density at radius 1 is 1.47 bits per heavy atom. The summed E-state index contributed by atoms with van der Waals surface area (Å²) in [5, 5.41) is 18.2. The van der Waals surface area contributed by atoms with Gasteiger partial charge in [-0.2, -0.15) is 0 Å². The van der Waals surface area contributed by atoms with E-state index >= 15 is 0 Å². The predicted molar refractivity (Wildman–Crippen MR) is 67.9 cm³/mol. The van der Waals surface area contributed by atoms with Crippen molar-refractivity contribution in [2.45, 2.75) is 12.2 Å². The van der Waals surface area contributed by atoms with Gasteiger partial charge in [0.15, 0.2) is 0 Å². The standard InChI is InChI=1S/C14H12N2O3/c1-16-11(7-15)6-10-2-4-12(5-3-10)19-14-9-18-8-13(14)17/h2-6,13-14,17H,8-9H2/t13-,14-/m0/s1. The molecule has 0 aliphatic carbocycles. The minimum absolute atomic E-state index is 0.0354. The molecule has 0 saturated carbocycles. The molecule has 1 fully saturated rings. The monoisotopic (exact) mass is 256 g/mol. The van der Waals surface area contributed by atoms with E-state index in [0.717, 1.165) is 5.56 Å². The average Bonchev–Trinajstić information content (AvgIpc) is 2.83. The summed E-state index contributed by atoms with van der Waals surface area (Å²) in [6.45, 7) is 7.46. The molecule has 96 valence electrons. The number of aliphatic hydroxyl groups excluding tert-OH is 1. The first kappa shape index (κ1) is 13.1. The number of nitriles is 1. The number of hydrogen-bond acceptors (Lipinski definition) is 4. The molecule has 0 spiro atoms. The molecule has 1 aromatic carbocycles. The minimum atomic E-state index is -0.605. The lowest BCUT2D eigenvalue weighted by atomic mass is 10.2. The van der Waals surface area contributed by atoms with Crippen molar-refractivity contribution in [3.05, 3.63) is 46.9 Å². The molecule has 1 aliphatic heterocycles. The summed E-state index contributed by atoms with van der Waals surface area (Å²) in [7, 11) is 0. The predicted octanol–water partition coefficient (Wildman–Crippen LogP) is 1.61. The number of allylic oxidation sites excluding steroid dienone is 1. The normalized spacial score (nSPS) is 22.6. The molecule has 1 aromatic rings. The Balaban J connectivity index is 2.05. The van der Waals surface area contributed by atoms with E-state index in [1.165, 1.54) is 6.08 Å². The quantitative estimate of drug-likeness (QED) is 0.659. The number of ether oxygens (including phenoxy) is 2. The highest BCUT2D eigenvalue weighted by molar-refractivity contribution is 5.59. The Kier molecular flexibility index (Phi) is 4.15. The van der Waals surface area contributed by atoms with Gasteiger partial charge in [0.05, 0.1) is 25.9 Å². The van der Waals surface area contributed by atoms with Crippen molar-refractivity contribution in [1.29, 1.82) is 5.26 Å². The second kappa shape index (κ2) is 6.01. The van der Waals surface area contributed by atoms with Crippen molar-refractivity contribution in [3.63, 3.8) is 0 Å². The fraction of sp³-hybridized carbons (Fsp3) is 0.286. The number of nitrogens with zero attached hydrogens (tertiary/aromatic N) is 2. The van der Waals surface area contributed by atoms with Gasteiger partial charge >= 0.3 is 0 Å². The van der Waals surface area contributed by atoms with E-state index in [1.54, 1.807) is 30.3 Å². The number of hydrogen-bond donors (Lipinski definition) is 1. The smallest absolute Gasteiger partial charge is 0.262 e. The van der Waals surface area contributed by atoms with Crippen LogP contribution in [-0.2, 0) is 4.74 Å². The van der Waals surface area contributed by atoms with Gasteiger partial charge in [0, 0.05) is 0 Å². The third-order valence-electron chi connectivity index (χ3n) is 2.71. The van der Waals surface area contributed by atoms with Crippen molar-refractivity contribution in [3.8, 4) is 11.8 Å². The Labute approximate surface area is 111 Å². The van der Waals surface area contributed by atoms with Gasteiger partial charge in [-0.3, -0.25) is 0 Å². The summed E-state index contributed by atoms with van der Waals surface area (Å²) < 4.78 is 10.7. The van der Waals surface area contributed by atoms with E-state index in [0.29, 0.717) is 19.0 Å². The molecule has 2 rings (SSSR count). The molecule has 5 heteroatoms. The topological polar surface area (TPSA) is 66.8 Å². The van der Waals surface area contributed by atoms with Gasteiger partial charge in [-0.1, -0.05) is 12.1 Å². The second-order valence-electron chi connectivity index (χ2n) is 4.08. The van der Waals surface area contributed by atoms with E-state index in [1.807, 2.05) is 0 Å². The van der Waals surface area contributed by atoms with Crippen LogP contribution in [0.1, 0.15) is 5.56 Å². The molecule has 2 atom stereocenters. The third kappa shape index (κ3) is 3.32. The fourth-order valence-corrected chi connectivity index (χ4v) is 1.70. The second-order valence-corrected chi connectivity index (χ2v) is 4.08. The lowest BCUT2D eigenvalue weighted by Crippen LogP contribution is -2.29. The first-order chi connectivity index (χ1) is 9.22. The molecule has 1 N–H and O–H groups in total. The van der Waals surface area contributed by atoms with Crippen LogP contribution in [-0.4, -0.2) is 30.5 Å². The van der Waals surface area contributed by atoms with Crippen molar-refractivity contribution in [2.24, 2.45) is 0 Å². The first-order valence-corrected chi connectivity index (χ1v) is 5.74. The zero-order valence-electron chi connectivity index (χ0n) is 10.1. The third-order valence-corrected chi connectivity index (χ3v) is 2.71. The highest BCUT2D eigenvalue weighted by atomic mass is 16.6. The summed E-state index contributed by atoms with van der Waals surface area (Å²) in [6.07, 6.45) is 0.552. The molecule has 1 saturated heterocycles. The Morgan fingerprint density at radius 3 is 2.74 bits per heavy atom. The van der Waals surface area contributed by atoms with Gasteiger partial charge in [-0.05, 0) is 23.8 Å². The van der Waals surface area contributed by atoms with Gasteiger partial charge in [-0.25, -0.2) is 10.1 Å². The van der Waals surface area contributed by atoms with E-state index in [9.17, 15) is 5.11 Å². The zero-order valence-corrected chi connectivity index (χ0v) is 10.1. The summed E-state index contributed by atoms with van der Waals surface area (Å²) in [5.74, 6) is 0.619. The molecule has 0 radical (unpaired) electrons. The van der Waals surface area contributed by atoms with Crippen LogP contribution in [0.15, 0.2) is 30.0 Å². The van der Waals surface area contributed by atoms with E-state index < -0.39 is 6.10 Å². The van der Waals surface area contributed by atoms with Crippen molar-refractivity contribution < 1.29 is 14.6 Å². The van der Waals surface area contributed by atoms with Crippen molar-refractivity contribution >= 4 is 6.08 Å². The SMILES string of the molecule is [C-]#[N+]C(C#N)=Cc1ccc(O[C@H]2COC[C@@H]2O)cc1. The molecule has 0 unspecified atom stereocenters. The van der Waals surface area contributed by atoms with Crippen LogP contribution in [0.2, 0.25) is 0 Å². The molecular weight excluding hydrogens is 244 g/mol. The van der Waals surface area contributed by atoms with E-state index in [-0.39, 0.29) is 11.8 Å². The van der Waals surface area contributed by atoms with Crippen LogP contribution >= 0.6 is 0 Å². The van der Waals surface area contributed by atoms with Crippen LogP contribution in [0.3, 0.4) is 0 Å². The molecule has 1 aliphatic rings. The summed E-state index contributed by atoms with van der Waals surface area (Å²) in [4.78, 5) is 3.09.